The van der Waals surface area contributed by atoms with E-state index in [1.807, 2.05) is 0 Å². The van der Waals surface area contributed by atoms with Crippen molar-refractivity contribution in [3.05, 3.63) is 29.8 Å². The monoisotopic (exact) mass is 335 g/mol. The molecule has 23 heavy (non-hydrogen) atoms. The zero-order valence-corrected chi connectivity index (χ0v) is 12.9. The van der Waals surface area contributed by atoms with Gasteiger partial charge in [0.25, 0.3) is 0 Å². The maximum Gasteiger partial charge on any atom is 0.316 e. The summed E-state index contributed by atoms with van der Waals surface area (Å²) >= 11 is 0. The molecule has 2 N–H and O–H groups in total. The minimum atomic E-state index is -2.64. The molecule has 0 heterocycles. The maximum absolute atomic E-state index is 12.7. The first kappa shape index (κ1) is 19.3. The zero-order chi connectivity index (χ0) is 17.5. The van der Waals surface area contributed by atoms with Gasteiger partial charge in [0.1, 0.15) is 0 Å². The standard InChI is InChI=1S/C16H21F4NO2/c1-2-23-15(22)16(9-7-13(17)18,10-8-14(19)20)11-3-5-12(21)6-4-11/h3-6,13-14H,2,7-10,21H2,1H3. The topological polar surface area (TPSA) is 52.3 Å². The van der Waals surface area contributed by atoms with Crippen molar-refractivity contribution in [1.82, 2.24) is 0 Å². The van der Waals surface area contributed by atoms with Gasteiger partial charge in [-0.1, -0.05) is 12.1 Å². The van der Waals surface area contributed by atoms with E-state index in [-0.39, 0.29) is 19.4 Å². The molecule has 0 aromatic heterocycles. The molecular weight excluding hydrogens is 314 g/mol. The van der Waals surface area contributed by atoms with E-state index < -0.39 is 37.1 Å². The second-order valence-electron chi connectivity index (χ2n) is 5.28. The molecule has 0 bridgehead atoms. The summed E-state index contributed by atoms with van der Waals surface area (Å²) in [6, 6.07) is 6.02. The van der Waals surface area contributed by atoms with Crippen LogP contribution < -0.4 is 5.73 Å². The van der Waals surface area contributed by atoms with Gasteiger partial charge < -0.3 is 10.5 Å². The Morgan fingerprint density at radius 2 is 1.57 bits per heavy atom. The van der Waals surface area contributed by atoms with Gasteiger partial charge in [-0.15, -0.1) is 0 Å². The lowest BCUT2D eigenvalue weighted by Crippen LogP contribution is -2.38. The van der Waals surface area contributed by atoms with E-state index in [0.29, 0.717) is 11.3 Å². The number of carbonyl (C=O) groups excluding carboxylic acids is 1. The first-order valence-electron chi connectivity index (χ1n) is 7.41. The molecule has 0 spiro atoms. The number of anilines is 1. The van der Waals surface area contributed by atoms with Crippen LogP contribution in [0.3, 0.4) is 0 Å². The van der Waals surface area contributed by atoms with Crippen LogP contribution in [0, 0.1) is 0 Å². The number of rotatable bonds is 9. The van der Waals surface area contributed by atoms with E-state index in [4.69, 9.17) is 10.5 Å². The van der Waals surface area contributed by atoms with Gasteiger partial charge >= 0.3 is 5.97 Å². The molecule has 0 radical (unpaired) electrons. The van der Waals surface area contributed by atoms with Crippen molar-refractivity contribution < 1.29 is 27.1 Å². The van der Waals surface area contributed by atoms with Crippen molar-refractivity contribution in [3.8, 4) is 0 Å². The van der Waals surface area contributed by atoms with Crippen molar-refractivity contribution in [2.45, 2.75) is 50.9 Å². The minimum absolute atomic E-state index is 0.0406. The van der Waals surface area contributed by atoms with Gasteiger partial charge in [0.15, 0.2) is 0 Å². The number of esters is 1. The van der Waals surface area contributed by atoms with Crippen LogP contribution in [0.1, 0.15) is 38.2 Å². The van der Waals surface area contributed by atoms with E-state index in [0.717, 1.165) is 0 Å². The molecule has 0 aliphatic heterocycles. The van der Waals surface area contributed by atoms with Crippen molar-refractivity contribution in [2.75, 3.05) is 12.3 Å². The molecule has 1 aromatic carbocycles. The normalized spacial score (nSPS) is 12.0. The van der Waals surface area contributed by atoms with E-state index in [1.54, 1.807) is 6.92 Å². The summed E-state index contributed by atoms with van der Waals surface area (Å²) < 4.78 is 55.7. The molecule has 1 aromatic rings. The fourth-order valence-electron chi connectivity index (χ4n) is 2.52. The van der Waals surface area contributed by atoms with Gasteiger partial charge in [0.2, 0.25) is 12.9 Å². The number of nitrogens with two attached hydrogens (primary N) is 1. The second-order valence-corrected chi connectivity index (χ2v) is 5.28. The Morgan fingerprint density at radius 1 is 1.09 bits per heavy atom. The number of hydrogen-bond donors (Lipinski definition) is 1. The number of halogens is 4. The van der Waals surface area contributed by atoms with Crippen LogP contribution in [0.2, 0.25) is 0 Å². The number of carbonyl (C=O) groups is 1. The van der Waals surface area contributed by atoms with Crippen LogP contribution >= 0.6 is 0 Å². The van der Waals surface area contributed by atoms with Gasteiger partial charge in [-0.05, 0) is 37.5 Å². The van der Waals surface area contributed by atoms with Crippen molar-refractivity contribution >= 4 is 11.7 Å². The smallest absolute Gasteiger partial charge is 0.316 e. The van der Waals surface area contributed by atoms with Crippen molar-refractivity contribution in [3.63, 3.8) is 0 Å². The van der Waals surface area contributed by atoms with Crippen LogP contribution in [-0.2, 0) is 14.9 Å². The molecular formula is C16H21F4NO2. The zero-order valence-electron chi connectivity index (χ0n) is 12.9. The fraction of sp³-hybridized carbons (Fsp3) is 0.562. The largest absolute Gasteiger partial charge is 0.465 e. The third-order valence-corrected chi connectivity index (χ3v) is 3.71. The fourth-order valence-corrected chi connectivity index (χ4v) is 2.52. The first-order chi connectivity index (χ1) is 10.8. The van der Waals surface area contributed by atoms with Gasteiger partial charge in [0, 0.05) is 18.5 Å². The molecule has 130 valence electrons. The molecule has 0 saturated heterocycles. The molecule has 7 heteroatoms. The Balaban J connectivity index is 3.24. The number of alkyl halides is 4. The number of benzene rings is 1. The first-order valence-corrected chi connectivity index (χ1v) is 7.41. The molecule has 0 aliphatic rings. The number of hydrogen-bond acceptors (Lipinski definition) is 3. The van der Waals surface area contributed by atoms with E-state index in [1.165, 1.54) is 24.3 Å². The predicted octanol–water partition coefficient (Wildman–Crippen LogP) is 4.16. The van der Waals surface area contributed by atoms with Gasteiger partial charge in [-0.3, -0.25) is 4.79 Å². The highest BCUT2D eigenvalue weighted by molar-refractivity contribution is 5.83. The Kier molecular flexibility index (Phi) is 7.32. The molecule has 0 saturated carbocycles. The third-order valence-electron chi connectivity index (χ3n) is 3.71. The highest BCUT2D eigenvalue weighted by Crippen LogP contribution is 2.38. The molecule has 0 unspecified atom stereocenters. The van der Waals surface area contributed by atoms with Gasteiger partial charge in [0.05, 0.1) is 12.0 Å². The number of ether oxygens (including phenoxy) is 1. The average Bonchev–Trinajstić information content (AvgIpc) is 2.48. The Hall–Kier alpha value is -1.79. The van der Waals surface area contributed by atoms with Gasteiger partial charge in [-0.2, -0.15) is 0 Å². The summed E-state index contributed by atoms with van der Waals surface area (Å²) in [5.41, 5.74) is 4.87. The van der Waals surface area contributed by atoms with Gasteiger partial charge in [-0.25, -0.2) is 17.6 Å². The third kappa shape index (κ3) is 5.41. The van der Waals surface area contributed by atoms with Crippen LogP contribution in [0.15, 0.2) is 24.3 Å². The molecule has 0 fully saturated rings. The quantitative estimate of drug-likeness (QED) is 0.419. The summed E-state index contributed by atoms with van der Waals surface area (Å²) in [5, 5.41) is 0. The summed E-state index contributed by atoms with van der Waals surface area (Å²) in [7, 11) is 0. The lowest BCUT2D eigenvalue weighted by Gasteiger charge is -2.32. The summed E-state index contributed by atoms with van der Waals surface area (Å²) in [4.78, 5) is 12.4. The lowest BCUT2D eigenvalue weighted by molar-refractivity contribution is -0.151. The number of nitrogen functional groups attached to an aromatic ring is 1. The summed E-state index contributed by atoms with van der Waals surface area (Å²) in [6.45, 7) is 1.62. The Labute approximate surface area is 132 Å². The SMILES string of the molecule is CCOC(=O)C(CCC(F)F)(CCC(F)F)c1ccc(N)cc1. The molecule has 0 atom stereocenters. The minimum Gasteiger partial charge on any atom is -0.465 e. The van der Waals surface area contributed by atoms with E-state index >= 15 is 0 Å². The second kappa shape index (κ2) is 8.74. The summed E-state index contributed by atoms with van der Waals surface area (Å²) in [6.07, 6.45) is -6.95. The van der Waals surface area contributed by atoms with Crippen LogP contribution in [0.5, 0.6) is 0 Å². The Bertz CT molecular complexity index is 479. The Morgan fingerprint density at radius 3 is 1.96 bits per heavy atom. The molecule has 0 aliphatic carbocycles. The predicted molar refractivity (Wildman–Crippen MR) is 79.6 cm³/mol. The van der Waals surface area contributed by atoms with Crippen LogP contribution in [0.25, 0.3) is 0 Å². The lowest BCUT2D eigenvalue weighted by atomic mass is 9.73. The molecule has 0 amide bonds. The molecule has 1 rings (SSSR count). The van der Waals surface area contributed by atoms with Crippen LogP contribution in [-0.4, -0.2) is 25.4 Å². The van der Waals surface area contributed by atoms with Crippen LogP contribution in [0.4, 0.5) is 23.2 Å². The van der Waals surface area contributed by atoms with E-state index in [2.05, 4.69) is 0 Å². The maximum atomic E-state index is 12.7. The summed E-state index contributed by atoms with van der Waals surface area (Å²) in [5.74, 6) is -0.758. The average molecular weight is 335 g/mol. The molecule has 3 nitrogen and oxygen atoms in total. The van der Waals surface area contributed by atoms with Crippen molar-refractivity contribution in [2.24, 2.45) is 0 Å². The highest BCUT2D eigenvalue weighted by Gasteiger charge is 2.42. The van der Waals surface area contributed by atoms with Crippen molar-refractivity contribution in [1.29, 1.82) is 0 Å². The highest BCUT2D eigenvalue weighted by atomic mass is 19.3. The van der Waals surface area contributed by atoms with E-state index in [9.17, 15) is 22.4 Å².